The topological polar surface area (TPSA) is 75.6 Å². The Bertz CT molecular complexity index is 1150. The van der Waals surface area contributed by atoms with Crippen LogP contribution in [0.2, 0.25) is 0 Å². The van der Waals surface area contributed by atoms with Gasteiger partial charge in [-0.1, -0.05) is 78.9 Å². The first-order valence-corrected chi connectivity index (χ1v) is 9.45. The Morgan fingerprint density at radius 3 is 2.03 bits per heavy atom. The van der Waals surface area contributed by atoms with Crippen molar-refractivity contribution in [2.45, 2.75) is 0 Å². The molecule has 1 amide bonds. The van der Waals surface area contributed by atoms with Gasteiger partial charge in [0.1, 0.15) is 5.75 Å². The maximum atomic E-state index is 12.9. The van der Waals surface area contributed by atoms with Gasteiger partial charge in [0, 0.05) is 11.1 Å². The molecule has 30 heavy (non-hydrogen) atoms. The van der Waals surface area contributed by atoms with Crippen LogP contribution in [0, 0.1) is 0 Å². The van der Waals surface area contributed by atoms with Crippen LogP contribution in [0.5, 0.6) is 5.75 Å². The average Bonchev–Trinajstić information content (AvgIpc) is 3.10. The number of para-hydroxylation sites is 1. The molecule has 0 aromatic heterocycles. The average molecular weight is 397 g/mol. The molecule has 148 valence electrons. The Morgan fingerprint density at radius 1 is 0.833 bits per heavy atom. The highest BCUT2D eigenvalue weighted by Gasteiger charge is 2.29. The van der Waals surface area contributed by atoms with Gasteiger partial charge in [-0.25, -0.2) is 4.79 Å². The second kappa shape index (κ2) is 8.49. The number of aliphatic carboxylic acids is 1. The van der Waals surface area contributed by atoms with Crippen molar-refractivity contribution >= 4 is 29.1 Å². The van der Waals surface area contributed by atoms with Gasteiger partial charge in [0.25, 0.3) is 5.91 Å². The van der Waals surface area contributed by atoms with Gasteiger partial charge in [-0.05, 0) is 23.3 Å². The van der Waals surface area contributed by atoms with Crippen molar-refractivity contribution in [2.24, 2.45) is 0 Å². The van der Waals surface area contributed by atoms with Gasteiger partial charge in [0.2, 0.25) is 0 Å². The van der Waals surface area contributed by atoms with E-state index in [1.807, 2.05) is 78.9 Å². The zero-order chi connectivity index (χ0) is 20.9. The molecule has 2 N–H and O–H groups in total. The fraction of sp³-hybridized carbons (Fsp3) is 0.0400. The summed E-state index contributed by atoms with van der Waals surface area (Å²) in [5.74, 6) is -0.805. The molecule has 0 fully saturated rings. The van der Waals surface area contributed by atoms with Gasteiger partial charge in [-0.3, -0.25) is 4.79 Å². The molecule has 1 aliphatic heterocycles. The second-order valence-corrected chi connectivity index (χ2v) is 6.71. The molecule has 0 saturated carbocycles. The summed E-state index contributed by atoms with van der Waals surface area (Å²) in [6, 6.07) is 26.3. The number of amides is 1. The number of carboxylic acid groups (broad SMARTS) is 1. The van der Waals surface area contributed by atoms with Crippen LogP contribution in [0.1, 0.15) is 16.7 Å². The fourth-order valence-corrected chi connectivity index (χ4v) is 3.41. The van der Waals surface area contributed by atoms with Crippen LogP contribution in [-0.2, 0) is 9.59 Å². The summed E-state index contributed by atoms with van der Waals surface area (Å²) >= 11 is 0. The van der Waals surface area contributed by atoms with Gasteiger partial charge in [-0.15, -0.1) is 0 Å². The van der Waals surface area contributed by atoms with Gasteiger partial charge in [0.15, 0.2) is 6.61 Å². The number of hydrogen-bond acceptors (Lipinski definition) is 3. The number of nitrogens with one attached hydrogen (secondary N) is 1. The van der Waals surface area contributed by atoms with Gasteiger partial charge >= 0.3 is 5.97 Å². The molecule has 1 heterocycles. The first-order valence-electron chi connectivity index (χ1n) is 9.45. The maximum absolute atomic E-state index is 12.9. The van der Waals surface area contributed by atoms with E-state index in [1.165, 1.54) is 0 Å². The van der Waals surface area contributed by atoms with Crippen molar-refractivity contribution < 1.29 is 19.4 Å². The summed E-state index contributed by atoms with van der Waals surface area (Å²) in [5.41, 5.74) is 4.43. The zero-order valence-electron chi connectivity index (χ0n) is 16.0. The molecule has 5 heteroatoms. The highest BCUT2D eigenvalue weighted by atomic mass is 16.5. The van der Waals surface area contributed by atoms with Crippen molar-refractivity contribution in [3.8, 4) is 5.75 Å². The molecule has 0 unspecified atom stereocenters. The molecule has 0 saturated heterocycles. The fourth-order valence-electron chi connectivity index (χ4n) is 3.41. The Morgan fingerprint density at radius 2 is 1.40 bits per heavy atom. The number of carboxylic acids is 1. The van der Waals surface area contributed by atoms with Crippen molar-refractivity contribution in [3.05, 3.63) is 107 Å². The molecule has 5 nitrogen and oxygen atoms in total. The lowest BCUT2D eigenvalue weighted by Gasteiger charge is -2.10. The first-order chi connectivity index (χ1) is 14.6. The standard InChI is InChI=1S/C25H19NO4/c27-22(28)16-30-21-14-8-7-13-19(21)15-20-23(17-9-3-1-4-10-17)24(25(29)26-20)18-11-5-2-6-12-18/h1-15H,16H2,(H,26,29)(H,27,28)/b20-15-. The second-order valence-electron chi connectivity index (χ2n) is 6.71. The smallest absolute Gasteiger partial charge is 0.341 e. The molecule has 0 aliphatic carbocycles. The predicted octanol–water partition coefficient (Wildman–Crippen LogP) is 4.23. The number of carbonyl (C=O) groups is 2. The number of hydrogen-bond donors (Lipinski definition) is 2. The zero-order valence-corrected chi connectivity index (χ0v) is 16.0. The summed E-state index contributed by atoms with van der Waals surface area (Å²) < 4.78 is 5.42. The molecule has 0 radical (unpaired) electrons. The first kappa shape index (κ1) is 19.2. The molecule has 1 aliphatic rings. The number of ether oxygens (including phenoxy) is 1. The monoisotopic (exact) mass is 397 g/mol. The van der Waals surface area contributed by atoms with Gasteiger partial charge in [-0.2, -0.15) is 0 Å². The Hall–Kier alpha value is -4.12. The summed E-state index contributed by atoms with van der Waals surface area (Å²) in [6.07, 6.45) is 1.81. The molecular weight excluding hydrogens is 378 g/mol. The predicted molar refractivity (Wildman–Crippen MR) is 115 cm³/mol. The third-order valence-electron chi connectivity index (χ3n) is 4.69. The van der Waals surface area contributed by atoms with E-state index in [0.29, 0.717) is 22.6 Å². The van der Waals surface area contributed by atoms with Crippen LogP contribution in [0.15, 0.2) is 90.6 Å². The molecule has 0 spiro atoms. The Kier molecular flexibility index (Phi) is 5.44. The van der Waals surface area contributed by atoms with Crippen LogP contribution in [0.25, 0.3) is 17.2 Å². The third kappa shape index (κ3) is 4.00. The van der Waals surface area contributed by atoms with Crippen molar-refractivity contribution in [1.29, 1.82) is 0 Å². The van der Waals surface area contributed by atoms with Crippen LogP contribution >= 0.6 is 0 Å². The van der Waals surface area contributed by atoms with Gasteiger partial charge in [0.05, 0.1) is 11.3 Å². The van der Waals surface area contributed by atoms with Crippen LogP contribution in [0.3, 0.4) is 0 Å². The lowest BCUT2D eigenvalue weighted by atomic mass is 9.94. The van der Waals surface area contributed by atoms with Crippen LogP contribution in [-0.4, -0.2) is 23.6 Å². The van der Waals surface area contributed by atoms with E-state index in [0.717, 1.165) is 16.7 Å². The van der Waals surface area contributed by atoms with E-state index in [1.54, 1.807) is 12.1 Å². The van der Waals surface area contributed by atoms with Crippen LogP contribution in [0.4, 0.5) is 0 Å². The summed E-state index contributed by atoms with van der Waals surface area (Å²) in [5, 5.41) is 11.9. The molecule has 3 aromatic carbocycles. The number of carbonyl (C=O) groups excluding carboxylic acids is 1. The third-order valence-corrected chi connectivity index (χ3v) is 4.69. The largest absolute Gasteiger partial charge is 0.481 e. The number of allylic oxidation sites excluding steroid dienone is 1. The lowest BCUT2D eigenvalue weighted by Crippen LogP contribution is -2.16. The number of benzene rings is 3. The normalized spacial score (nSPS) is 14.7. The van der Waals surface area contributed by atoms with Crippen molar-refractivity contribution in [1.82, 2.24) is 5.32 Å². The highest BCUT2D eigenvalue weighted by Crippen LogP contribution is 2.37. The Balaban J connectivity index is 1.85. The SMILES string of the molecule is O=C(O)COc1ccccc1/C=C1\NC(=O)C(c2ccccc2)=C1c1ccccc1. The van der Waals surface area contributed by atoms with E-state index in [2.05, 4.69) is 5.32 Å². The molecule has 0 atom stereocenters. The van der Waals surface area contributed by atoms with Crippen LogP contribution < -0.4 is 10.1 Å². The number of rotatable bonds is 6. The molecule has 0 bridgehead atoms. The summed E-state index contributed by atoms with van der Waals surface area (Å²) in [4.78, 5) is 23.8. The molecule has 3 aromatic rings. The Labute approximate surface area is 173 Å². The minimum Gasteiger partial charge on any atom is -0.481 e. The van der Waals surface area contributed by atoms with Gasteiger partial charge < -0.3 is 15.2 Å². The highest BCUT2D eigenvalue weighted by molar-refractivity contribution is 6.34. The minimum absolute atomic E-state index is 0.185. The van der Waals surface area contributed by atoms with E-state index < -0.39 is 12.6 Å². The molecular formula is C25H19NO4. The maximum Gasteiger partial charge on any atom is 0.341 e. The quantitative estimate of drug-likeness (QED) is 0.653. The minimum atomic E-state index is -1.05. The van der Waals surface area contributed by atoms with Crippen molar-refractivity contribution in [3.63, 3.8) is 0 Å². The summed E-state index contributed by atoms with van der Waals surface area (Å²) in [7, 11) is 0. The van der Waals surface area contributed by atoms with E-state index in [4.69, 9.17) is 9.84 Å². The van der Waals surface area contributed by atoms with E-state index >= 15 is 0 Å². The van der Waals surface area contributed by atoms with Crippen molar-refractivity contribution in [2.75, 3.05) is 6.61 Å². The molecule has 4 rings (SSSR count). The van der Waals surface area contributed by atoms with E-state index in [9.17, 15) is 9.59 Å². The summed E-state index contributed by atoms with van der Waals surface area (Å²) in [6.45, 7) is -0.441. The van der Waals surface area contributed by atoms with E-state index in [-0.39, 0.29) is 5.91 Å². The lowest BCUT2D eigenvalue weighted by molar-refractivity contribution is -0.139.